The van der Waals surface area contributed by atoms with E-state index in [0.29, 0.717) is 6.42 Å². The van der Waals surface area contributed by atoms with Crippen molar-refractivity contribution < 1.29 is 14.7 Å². The number of urea groups is 1. The quantitative estimate of drug-likeness (QED) is 0.810. The molecule has 1 heterocycles. The van der Waals surface area contributed by atoms with Crippen LogP contribution in [0.1, 0.15) is 52.9 Å². The smallest absolute Gasteiger partial charge is 0.326 e. The fourth-order valence-corrected chi connectivity index (χ4v) is 2.59. The lowest BCUT2D eigenvalue weighted by Crippen LogP contribution is -2.55. The Balaban J connectivity index is 2.64. The number of carboxylic acid groups (broad SMARTS) is 1. The van der Waals surface area contributed by atoms with Crippen molar-refractivity contribution in [3.8, 4) is 0 Å². The Morgan fingerprint density at radius 2 is 1.89 bits per heavy atom. The third-order valence-corrected chi connectivity index (χ3v) is 3.60. The topological polar surface area (TPSA) is 69.6 Å². The molecule has 1 fully saturated rings. The SMILES string of the molecule is CCCC(NC(=O)N1C(C)CCCC1C)C(=O)O. The van der Waals surface area contributed by atoms with Crippen LogP contribution in [0.2, 0.25) is 0 Å². The number of nitrogens with zero attached hydrogens (tertiary/aromatic N) is 1. The normalized spacial score (nSPS) is 25.6. The standard InChI is InChI=1S/C13H24N2O3/c1-4-6-11(12(16)17)14-13(18)15-9(2)7-5-8-10(15)3/h9-11H,4-8H2,1-3H3,(H,14,18)(H,16,17). The van der Waals surface area contributed by atoms with E-state index in [-0.39, 0.29) is 18.1 Å². The molecule has 3 atom stereocenters. The fraction of sp³-hybridized carbons (Fsp3) is 0.846. The first-order chi connectivity index (χ1) is 8.47. The third kappa shape index (κ3) is 3.62. The zero-order valence-corrected chi connectivity index (χ0v) is 11.5. The van der Waals surface area contributed by atoms with Crippen molar-refractivity contribution in [2.45, 2.75) is 71.0 Å². The number of carbonyl (C=O) groups excluding carboxylic acids is 1. The minimum Gasteiger partial charge on any atom is -0.480 e. The Morgan fingerprint density at radius 1 is 1.33 bits per heavy atom. The summed E-state index contributed by atoms with van der Waals surface area (Å²) >= 11 is 0. The van der Waals surface area contributed by atoms with Gasteiger partial charge in [-0.25, -0.2) is 9.59 Å². The summed E-state index contributed by atoms with van der Waals surface area (Å²) in [6, 6.07) is -0.644. The van der Waals surface area contributed by atoms with Gasteiger partial charge in [-0.05, 0) is 39.5 Å². The minimum atomic E-state index is -0.956. The van der Waals surface area contributed by atoms with Crippen molar-refractivity contribution in [3.63, 3.8) is 0 Å². The number of rotatable bonds is 4. The molecule has 2 N–H and O–H groups in total. The zero-order valence-electron chi connectivity index (χ0n) is 11.5. The van der Waals surface area contributed by atoms with Gasteiger partial charge in [-0.2, -0.15) is 0 Å². The lowest BCUT2D eigenvalue weighted by molar-refractivity contribution is -0.139. The second kappa shape index (κ2) is 6.61. The Morgan fingerprint density at radius 3 is 2.33 bits per heavy atom. The number of nitrogens with one attached hydrogen (secondary N) is 1. The summed E-state index contributed by atoms with van der Waals surface area (Å²) in [6.07, 6.45) is 4.32. The molecule has 0 aromatic heterocycles. The van der Waals surface area contributed by atoms with Crippen LogP contribution in [0.5, 0.6) is 0 Å². The van der Waals surface area contributed by atoms with Gasteiger partial charge in [0, 0.05) is 12.1 Å². The van der Waals surface area contributed by atoms with E-state index < -0.39 is 12.0 Å². The maximum Gasteiger partial charge on any atom is 0.326 e. The van der Waals surface area contributed by atoms with Crippen LogP contribution in [0.4, 0.5) is 4.79 Å². The highest BCUT2D eigenvalue weighted by Crippen LogP contribution is 2.22. The molecule has 104 valence electrons. The van der Waals surface area contributed by atoms with Gasteiger partial charge in [-0.1, -0.05) is 13.3 Å². The van der Waals surface area contributed by atoms with Crippen molar-refractivity contribution in [3.05, 3.63) is 0 Å². The fourth-order valence-electron chi connectivity index (χ4n) is 2.59. The molecule has 2 amide bonds. The van der Waals surface area contributed by atoms with Crippen LogP contribution in [0.25, 0.3) is 0 Å². The summed E-state index contributed by atoms with van der Waals surface area (Å²) < 4.78 is 0. The van der Waals surface area contributed by atoms with Crippen molar-refractivity contribution in [2.75, 3.05) is 0 Å². The van der Waals surface area contributed by atoms with E-state index in [1.54, 1.807) is 4.90 Å². The predicted octanol–water partition coefficient (Wildman–Crippen LogP) is 2.21. The highest BCUT2D eigenvalue weighted by molar-refractivity contribution is 5.82. The van der Waals surface area contributed by atoms with E-state index in [9.17, 15) is 9.59 Å². The van der Waals surface area contributed by atoms with Gasteiger partial charge in [-0.3, -0.25) is 0 Å². The van der Waals surface area contributed by atoms with Gasteiger partial charge in [0.1, 0.15) is 6.04 Å². The Hall–Kier alpha value is -1.26. The summed E-state index contributed by atoms with van der Waals surface area (Å²) in [5.41, 5.74) is 0. The number of amides is 2. The molecule has 0 spiro atoms. The van der Waals surface area contributed by atoms with E-state index in [1.807, 2.05) is 20.8 Å². The zero-order chi connectivity index (χ0) is 13.7. The monoisotopic (exact) mass is 256 g/mol. The molecule has 1 rings (SSSR count). The highest BCUT2D eigenvalue weighted by atomic mass is 16.4. The van der Waals surface area contributed by atoms with E-state index in [2.05, 4.69) is 5.32 Å². The number of carboxylic acids is 1. The van der Waals surface area contributed by atoms with Gasteiger partial charge in [0.05, 0.1) is 0 Å². The maximum absolute atomic E-state index is 12.2. The Kier molecular flexibility index (Phi) is 5.44. The second-order valence-electron chi connectivity index (χ2n) is 5.17. The molecule has 0 aromatic rings. The van der Waals surface area contributed by atoms with E-state index in [0.717, 1.165) is 25.7 Å². The molecule has 5 heteroatoms. The van der Waals surface area contributed by atoms with Crippen LogP contribution in [0.3, 0.4) is 0 Å². The summed E-state index contributed by atoms with van der Waals surface area (Å²) in [6.45, 7) is 5.95. The van der Waals surface area contributed by atoms with Crippen LogP contribution in [-0.2, 0) is 4.79 Å². The van der Waals surface area contributed by atoms with Crippen LogP contribution >= 0.6 is 0 Å². The lowest BCUT2D eigenvalue weighted by Gasteiger charge is -2.39. The van der Waals surface area contributed by atoms with E-state index in [4.69, 9.17) is 5.11 Å². The first-order valence-corrected chi connectivity index (χ1v) is 6.79. The highest BCUT2D eigenvalue weighted by Gasteiger charge is 2.31. The van der Waals surface area contributed by atoms with E-state index in [1.165, 1.54) is 0 Å². The molecule has 0 bridgehead atoms. The van der Waals surface area contributed by atoms with Crippen molar-refractivity contribution in [2.24, 2.45) is 0 Å². The molecule has 0 saturated carbocycles. The molecule has 18 heavy (non-hydrogen) atoms. The molecular weight excluding hydrogens is 232 g/mol. The minimum absolute atomic E-state index is 0.185. The molecule has 1 aliphatic rings. The van der Waals surface area contributed by atoms with Crippen molar-refractivity contribution in [1.29, 1.82) is 0 Å². The van der Waals surface area contributed by atoms with Crippen molar-refractivity contribution in [1.82, 2.24) is 10.2 Å². The van der Waals surface area contributed by atoms with Gasteiger partial charge in [0.25, 0.3) is 0 Å². The van der Waals surface area contributed by atoms with Gasteiger partial charge < -0.3 is 15.3 Å². The summed E-state index contributed by atoms with van der Waals surface area (Å²) in [5, 5.41) is 11.7. The van der Waals surface area contributed by atoms with Crippen LogP contribution in [-0.4, -0.2) is 40.1 Å². The summed E-state index contributed by atoms with van der Waals surface area (Å²) in [4.78, 5) is 25.0. The lowest BCUT2D eigenvalue weighted by atomic mass is 9.98. The Bertz CT molecular complexity index is 297. The first kappa shape index (κ1) is 14.8. The number of piperidine rings is 1. The average Bonchev–Trinajstić information content (AvgIpc) is 2.28. The average molecular weight is 256 g/mol. The summed E-state index contributed by atoms with van der Waals surface area (Å²) in [7, 11) is 0. The van der Waals surface area contributed by atoms with Gasteiger partial charge in [-0.15, -0.1) is 0 Å². The summed E-state index contributed by atoms with van der Waals surface area (Å²) in [5.74, 6) is -0.956. The molecule has 1 saturated heterocycles. The van der Waals surface area contributed by atoms with Crippen LogP contribution in [0.15, 0.2) is 0 Å². The largest absolute Gasteiger partial charge is 0.480 e. The molecule has 5 nitrogen and oxygen atoms in total. The van der Waals surface area contributed by atoms with E-state index >= 15 is 0 Å². The van der Waals surface area contributed by atoms with Gasteiger partial charge in [0.15, 0.2) is 0 Å². The van der Waals surface area contributed by atoms with Crippen molar-refractivity contribution >= 4 is 12.0 Å². The molecule has 0 aliphatic carbocycles. The first-order valence-electron chi connectivity index (χ1n) is 6.79. The number of aliphatic carboxylic acids is 1. The number of carbonyl (C=O) groups is 2. The molecule has 0 radical (unpaired) electrons. The van der Waals surface area contributed by atoms with Crippen LogP contribution < -0.4 is 5.32 Å². The molecular formula is C13H24N2O3. The van der Waals surface area contributed by atoms with Crippen LogP contribution in [0, 0.1) is 0 Å². The molecule has 1 aliphatic heterocycles. The van der Waals surface area contributed by atoms with Gasteiger partial charge in [0.2, 0.25) is 0 Å². The molecule has 0 aromatic carbocycles. The maximum atomic E-state index is 12.2. The number of hydrogen-bond donors (Lipinski definition) is 2. The molecule has 3 unspecified atom stereocenters. The predicted molar refractivity (Wildman–Crippen MR) is 69.5 cm³/mol. The third-order valence-electron chi connectivity index (χ3n) is 3.60. The number of hydrogen-bond acceptors (Lipinski definition) is 2. The second-order valence-corrected chi connectivity index (χ2v) is 5.17. The Labute approximate surface area is 109 Å². The number of likely N-dealkylation sites (tertiary alicyclic amines) is 1. The van der Waals surface area contributed by atoms with Gasteiger partial charge >= 0.3 is 12.0 Å².